The van der Waals surface area contributed by atoms with Gasteiger partial charge in [0.05, 0.1) is 10.0 Å². The maximum atomic E-state index is 6.24. The van der Waals surface area contributed by atoms with E-state index in [1.54, 1.807) is 12.1 Å². The number of hydrogen-bond donors (Lipinski definition) is 1. The van der Waals surface area contributed by atoms with Crippen LogP contribution in [-0.4, -0.2) is 6.54 Å². The lowest BCUT2D eigenvalue weighted by atomic mass is 10.2. The van der Waals surface area contributed by atoms with Crippen LogP contribution in [0.4, 0.5) is 0 Å². The van der Waals surface area contributed by atoms with E-state index in [0.29, 0.717) is 28.1 Å². The summed E-state index contributed by atoms with van der Waals surface area (Å²) in [5.41, 5.74) is 0.996. The fourth-order valence-corrected chi connectivity index (χ4v) is 2.46. The van der Waals surface area contributed by atoms with Crippen LogP contribution >= 0.6 is 39.1 Å². The molecule has 0 atom stereocenters. The van der Waals surface area contributed by atoms with Gasteiger partial charge in [0.1, 0.15) is 5.75 Å². The van der Waals surface area contributed by atoms with E-state index >= 15 is 0 Å². The lowest BCUT2D eigenvalue weighted by molar-refractivity contribution is 0.473. The minimum absolute atomic E-state index is 0.544. The van der Waals surface area contributed by atoms with Crippen LogP contribution in [0.1, 0.15) is 12.5 Å². The molecule has 2 nitrogen and oxygen atoms in total. The first-order valence-corrected chi connectivity index (χ1v) is 7.77. The van der Waals surface area contributed by atoms with E-state index in [1.165, 1.54) is 0 Å². The molecule has 0 amide bonds. The van der Waals surface area contributed by atoms with Gasteiger partial charge in [-0.25, -0.2) is 0 Å². The summed E-state index contributed by atoms with van der Waals surface area (Å²) in [6.45, 7) is 3.62. The molecule has 0 bridgehead atoms. The summed E-state index contributed by atoms with van der Waals surface area (Å²) in [7, 11) is 0. The third-order valence-electron chi connectivity index (χ3n) is 2.72. The van der Waals surface area contributed by atoms with E-state index in [4.69, 9.17) is 27.9 Å². The van der Waals surface area contributed by atoms with E-state index in [2.05, 4.69) is 28.2 Å². The molecule has 0 saturated carbocycles. The third-order valence-corrected chi connectivity index (χ3v) is 3.82. The first kappa shape index (κ1) is 15.6. The normalized spacial score (nSPS) is 10.6. The van der Waals surface area contributed by atoms with Gasteiger partial charge in [0, 0.05) is 16.6 Å². The number of hydrogen-bond acceptors (Lipinski definition) is 2. The van der Waals surface area contributed by atoms with Crippen LogP contribution in [-0.2, 0) is 6.54 Å². The number of ether oxygens (including phenoxy) is 1. The Morgan fingerprint density at radius 2 is 1.95 bits per heavy atom. The molecule has 0 spiro atoms. The van der Waals surface area contributed by atoms with Crippen LogP contribution < -0.4 is 10.1 Å². The summed E-state index contributed by atoms with van der Waals surface area (Å²) < 4.78 is 6.82. The summed E-state index contributed by atoms with van der Waals surface area (Å²) in [4.78, 5) is 0. The monoisotopic (exact) mass is 373 g/mol. The lowest BCUT2D eigenvalue weighted by Crippen LogP contribution is -2.12. The average Bonchev–Trinajstić information content (AvgIpc) is 2.43. The molecule has 1 N–H and O–H groups in total. The van der Waals surface area contributed by atoms with Gasteiger partial charge in [-0.3, -0.25) is 0 Å². The number of rotatable bonds is 5. The number of para-hydroxylation sites is 1. The highest BCUT2D eigenvalue weighted by Gasteiger charge is 2.11. The highest BCUT2D eigenvalue weighted by Crippen LogP contribution is 2.37. The van der Waals surface area contributed by atoms with Crippen molar-refractivity contribution in [3.63, 3.8) is 0 Å². The lowest BCUT2D eigenvalue weighted by Gasteiger charge is -2.14. The summed E-state index contributed by atoms with van der Waals surface area (Å²) in [5, 5.41) is 4.37. The van der Waals surface area contributed by atoms with Gasteiger partial charge < -0.3 is 10.1 Å². The summed E-state index contributed by atoms with van der Waals surface area (Å²) in [5.74, 6) is 1.21. The Labute approximate surface area is 137 Å². The molecule has 0 heterocycles. The quantitative estimate of drug-likeness (QED) is 0.729. The second-order valence-electron chi connectivity index (χ2n) is 4.19. The minimum atomic E-state index is 0.544. The molecule has 0 radical (unpaired) electrons. The van der Waals surface area contributed by atoms with Gasteiger partial charge in [-0.2, -0.15) is 0 Å². The Balaban J connectivity index is 2.34. The first-order chi connectivity index (χ1) is 9.61. The van der Waals surface area contributed by atoms with Crippen LogP contribution in [0.5, 0.6) is 11.5 Å². The van der Waals surface area contributed by atoms with E-state index < -0.39 is 0 Å². The summed E-state index contributed by atoms with van der Waals surface area (Å²) in [6.07, 6.45) is 0. The van der Waals surface area contributed by atoms with Crippen molar-refractivity contribution in [3.8, 4) is 11.5 Å². The number of halogens is 3. The molecule has 0 aromatic heterocycles. The van der Waals surface area contributed by atoms with Gasteiger partial charge in [-0.05, 0) is 30.8 Å². The van der Waals surface area contributed by atoms with Crippen LogP contribution in [0.2, 0.25) is 10.0 Å². The SMILES string of the molecule is CCNCc1cccc(Cl)c1Oc1cc(Br)ccc1Cl. The molecule has 106 valence electrons. The van der Waals surface area contributed by atoms with Gasteiger partial charge in [0.15, 0.2) is 5.75 Å². The molecule has 0 aliphatic heterocycles. The zero-order chi connectivity index (χ0) is 14.5. The Bertz CT molecular complexity index is 604. The van der Waals surface area contributed by atoms with Gasteiger partial charge >= 0.3 is 0 Å². The van der Waals surface area contributed by atoms with Crippen molar-refractivity contribution in [1.82, 2.24) is 5.32 Å². The first-order valence-electron chi connectivity index (χ1n) is 6.23. The molecule has 0 aliphatic carbocycles. The van der Waals surface area contributed by atoms with E-state index in [9.17, 15) is 0 Å². The molecule has 2 aromatic rings. The molecule has 5 heteroatoms. The Kier molecular flexibility index (Phi) is 5.73. The molecule has 0 saturated heterocycles. The van der Waals surface area contributed by atoms with Crippen molar-refractivity contribution in [3.05, 3.63) is 56.5 Å². The minimum Gasteiger partial charge on any atom is -0.454 e. The zero-order valence-electron chi connectivity index (χ0n) is 10.9. The van der Waals surface area contributed by atoms with Crippen LogP contribution in [0.25, 0.3) is 0 Å². The van der Waals surface area contributed by atoms with Gasteiger partial charge in [0.2, 0.25) is 0 Å². The highest BCUT2D eigenvalue weighted by molar-refractivity contribution is 9.10. The second kappa shape index (κ2) is 7.32. The fourth-order valence-electron chi connectivity index (χ4n) is 1.73. The summed E-state index contributed by atoms with van der Waals surface area (Å²) in [6, 6.07) is 11.2. The zero-order valence-corrected chi connectivity index (χ0v) is 14.0. The number of benzene rings is 2. The largest absolute Gasteiger partial charge is 0.454 e. The fraction of sp³-hybridized carbons (Fsp3) is 0.200. The standard InChI is InChI=1S/C15H14BrCl2NO/c1-2-19-9-10-4-3-5-13(18)15(10)20-14-8-11(16)6-7-12(14)17/h3-8,19H,2,9H2,1H3. The second-order valence-corrected chi connectivity index (χ2v) is 5.92. The van der Waals surface area contributed by atoms with Crippen molar-refractivity contribution < 1.29 is 4.74 Å². The predicted molar refractivity (Wildman–Crippen MR) is 88.1 cm³/mol. The summed E-state index contributed by atoms with van der Waals surface area (Å²) >= 11 is 15.8. The Hall–Kier alpha value is -0.740. The topological polar surface area (TPSA) is 21.3 Å². The van der Waals surface area contributed by atoms with E-state index in [0.717, 1.165) is 16.6 Å². The maximum absolute atomic E-state index is 6.24. The number of nitrogens with one attached hydrogen (secondary N) is 1. The average molecular weight is 375 g/mol. The van der Waals surface area contributed by atoms with Crippen molar-refractivity contribution in [1.29, 1.82) is 0 Å². The van der Waals surface area contributed by atoms with Gasteiger partial charge in [-0.1, -0.05) is 58.2 Å². The van der Waals surface area contributed by atoms with E-state index in [-0.39, 0.29) is 0 Å². The van der Waals surface area contributed by atoms with Crippen molar-refractivity contribution in [2.45, 2.75) is 13.5 Å². The van der Waals surface area contributed by atoms with Crippen LogP contribution in [0, 0.1) is 0 Å². The third kappa shape index (κ3) is 3.89. The Morgan fingerprint density at radius 3 is 2.70 bits per heavy atom. The van der Waals surface area contributed by atoms with Crippen molar-refractivity contribution in [2.24, 2.45) is 0 Å². The van der Waals surface area contributed by atoms with Crippen molar-refractivity contribution in [2.75, 3.05) is 6.54 Å². The maximum Gasteiger partial charge on any atom is 0.150 e. The molecular weight excluding hydrogens is 361 g/mol. The van der Waals surface area contributed by atoms with Gasteiger partial charge in [0.25, 0.3) is 0 Å². The molecular formula is C15H14BrCl2NO. The van der Waals surface area contributed by atoms with E-state index in [1.807, 2.05) is 24.3 Å². The molecule has 0 fully saturated rings. The predicted octanol–water partition coefficient (Wildman–Crippen LogP) is 5.66. The smallest absolute Gasteiger partial charge is 0.150 e. The van der Waals surface area contributed by atoms with Crippen LogP contribution in [0.15, 0.2) is 40.9 Å². The highest BCUT2D eigenvalue weighted by atomic mass is 79.9. The van der Waals surface area contributed by atoms with Gasteiger partial charge in [-0.15, -0.1) is 0 Å². The molecule has 0 unspecified atom stereocenters. The molecule has 0 aliphatic rings. The van der Waals surface area contributed by atoms with Crippen LogP contribution in [0.3, 0.4) is 0 Å². The Morgan fingerprint density at radius 1 is 1.15 bits per heavy atom. The molecule has 2 rings (SSSR count). The molecule has 2 aromatic carbocycles. The van der Waals surface area contributed by atoms with Crippen molar-refractivity contribution >= 4 is 39.1 Å². The molecule has 20 heavy (non-hydrogen) atoms.